The summed E-state index contributed by atoms with van der Waals surface area (Å²) in [5.41, 5.74) is 10.8. The normalized spacial score (nSPS) is 15.3. The van der Waals surface area contributed by atoms with Gasteiger partial charge in [0.05, 0.1) is 31.2 Å². The van der Waals surface area contributed by atoms with E-state index in [1.54, 1.807) is 25.0 Å². The Labute approximate surface area is 179 Å². The highest BCUT2D eigenvalue weighted by Gasteiger charge is 2.31. The second-order valence-electron chi connectivity index (χ2n) is 6.80. The molecule has 30 heavy (non-hydrogen) atoms. The van der Waals surface area contributed by atoms with Crippen molar-refractivity contribution in [2.45, 2.75) is 13.1 Å². The molecule has 0 spiro atoms. The van der Waals surface area contributed by atoms with Gasteiger partial charge in [-0.3, -0.25) is 0 Å². The van der Waals surface area contributed by atoms with Gasteiger partial charge in [0, 0.05) is 16.1 Å². The van der Waals surface area contributed by atoms with E-state index in [4.69, 9.17) is 26.8 Å². The second-order valence-corrected chi connectivity index (χ2v) is 7.24. The molecule has 2 heterocycles. The van der Waals surface area contributed by atoms with E-state index in [2.05, 4.69) is 16.5 Å². The van der Waals surface area contributed by atoms with E-state index in [-0.39, 0.29) is 0 Å². The van der Waals surface area contributed by atoms with Crippen molar-refractivity contribution in [3.05, 3.63) is 64.3 Å². The number of aromatic nitrogens is 2. The van der Waals surface area contributed by atoms with Crippen LogP contribution in [0.5, 0.6) is 11.5 Å². The van der Waals surface area contributed by atoms with Crippen LogP contribution in [-0.2, 0) is 0 Å². The number of ether oxygens (including phenoxy) is 2. The molecule has 0 fully saturated rings. The van der Waals surface area contributed by atoms with Crippen molar-refractivity contribution >= 4 is 23.1 Å². The molecule has 0 bridgehead atoms. The molecule has 0 radical (unpaired) electrons. The van der Waals surface area contributed by atoms with Crippen molar-refractivity contribution in [3.8, 4) is 28.7 Å². The van der Waals surface area contributed by atoms with Crippen molar-refractivity contribution < 1.29 is 9.47 Å². The van der Waals surface area contributed by atoms with Gasteiger partial charge in [-0.05, 0) is 42.8 Å². The third-order valence-electron chi connectivity index (χ3n) is 5.08. The van der Waals surface area contributed by atoms with Crippen molar-refractivity contribution in [2.75, 3.05) is 19.5 Å². The van der Waals surface area contributed by atoms with Gasteiger partial charge < -0.3 is 20.5 Å². The molecule has 0 amide bonds. The van der Waals surface area contributed by atoms with Gasteiger partial charge in [-0.2, -0.15) is 10.4 Å². The molecular formula is C22H20ClN5O2. The Hall–Kier alpha value is -3.47. The van der Waals surface area contributed by atoms with Gasteiger partial charge in [0.2, 0.25) is 0 Å². The molecule has 4 rings (SSSR count). The molecule has 8 heteroatoms. The average Bonchev–Trinajstić information content (AvgIpc) is 3.10. The standard InChI is InChI=1S/C22H20ClN5O2/c1-12-19(13-4-7-15(23)8-5-13)22-26-20(16(11-24)21(25)28(22)27-12)14-6-9-17(29-2)18(10-14)30-3/h4-10,21,26H,25H2,1-3H3/t21-/m0/s1. The van der Waals surface area contributed by atoms with Gasteiger partial charge in [0.15, 0.2) is 11.5 Å². The Kier molecular flexibility index (Phi) is 5.12. The fourth-order valence-electron chi connectivity index (χ4n) is 3.63. The zero-order chi connectivity index (χ0) is 21.4. The average molecular weight is 422 g/mol. The second kappa shape index (κ2) is 7.75. The number of nitriles is 1. The Morgan fingerprint density at radius 2 is 1.77 bits per heavy atom. The molecule has 7 nitrogen and oxygen atoms in total. The minimum Gasteiger partial charge on any atom is -0.493 e. The first-order chi connectivity index (χ1) is 14.5. The van der Waals surface area contributed by atoms with Gasteiger partial charge in [-0.1, -0.05) is 23.7 Å². The molecule has 0 unspecified atom stereocenters. The number of benzene rings is 2. The van der Waals surface area contributed by atoms with E-state index in [1.165, 1.54) is 0 Å². The fraction of sp³-hybridized carbons (Fsp3) is 0.182. The van der Waals surface area contributed by atoms with Crippen LogP contribution >= 0.6 is 11.6 Å². The molecule has 3 aromatic rings. The summed E-state index contributed by atoms with van der Waals surface area (Å²) in [6.07, 6.45) is -0.728. The van der Waals surface area contributed by atoms with Crippen LogP contribution in [0.15, 0.2) is 48.0 Å². The quantitative estimate of drug-likeness (QED) is 0.650. The van der Waals surface area contributed by atoms with E-state index in [1.807, 2.05) is 43.3 Å². The molecule has 1 atom stereocenters. The van der Waals surface area contributed by atoms with Crippen LogP contribution in [0.3, 0.4) is 0 Å². The molecule has 1 aliphatic rings. The van der Waals surface area contributed by atoms with E-state index < -0.39 is 6.17 Å². The van der Waals surface area contributed by atoms with Crippen molar-refractivity contribution in [2.24, 2.45) is 5.73 Å². The molecule has 1 aliphatic heterocycles. The zero-order valence-electron chi connectivity index (χ0n) is 16.7. The molecular weight excluding hydrogens is 402 g/mol. The van der Waals surface area contributed by atoms with Gasteiger partial charge in [0.1, 0.15) is 18.1 Å². The number of anilines is 1. The Morgan fingerprint density at radius 1 is 1.10 bits per heavy atom. The van der Waals surface area contributed by atoms with Crippen LogP contribution in [0.25, 0.3) is 16.8 Å². The molecule has 3 N–H and O–H groups in total. The first kappa shape index (κ1) is 19.8. The lowest BCUT2D eigenvalue weighted by Gasteiger charge is -2.26. The summed E-state index contributed by atoms with van der Waals surface area (Å²) in [4.78, 5) is 0. The number of hydrogen-bond acceptors (Lipinski definition) is 6. The van der Waals surface area contributed by atoms with Crippen LogP contribution in [0.2, 0.25) is 5.02 Å². The Morgan fingerprint density at radius 3 is 2.40 bits per heavy atom. The van der Waals surface area contributed by atoms with E-state index in [0.29, 0.717) is 33.6 Å². The SMILES string of the molecule is COc1ccc(C2=C(C#N)[C@@H](N)n3nc(C)c(-c4ccc(Cl)cc4)c3N2)cc1OC. The van der Waals surface area contributed by atoms with E-state index >= 15 is 0 Å². The minimum atomic E-state index is -0.728. The largest absolute Gasteiger partial charge is 0.493 e. The summed E-state index contributed by atoms with van der Waals surface area (Å²) in [7, 11) is 3.14. The number of hydrogen-bond donors (Lipinski definition) is 2. The van der Waals surface area contributed by atoms with Gasteiger partial charge in [-0.15, -0.1) is 0 Å². The number of nitrogens with one attached hydrogen (secondary N) is 1. The summed E-state index contributed by atoms with van der Waals surface area (Å²) in [6, 6.07) is 15.2. The maximum Gasteiger partial charge on any atom is 0.161 e. The van der Waals surface area contributed by atoms with Crippen LogP contribution in [0.1, 0.15) is 17.4 Å². The van der Waals surface area contributed by atoms with Crippen LogP contribution in [-0.4, -0.2) is 24.0 Å². The molecule has 0 saturated carbocycles. The molecule has 1 aromatic heterocycles. The fourth-order valence-corrected chi connectivity index (χ4v) is 3.75. The van der Waals surface area contributed by atoms with Crippen LogP contribution in [0.4, 0.5) is 5.82 Å². The van der Waals surface area contributed by atoms with Crippen molar-refractivity contribution in [1.82, 2.24) is 9.78 Å². The lowest BCUT2D eigenvalue weighted by Crippen LogP contribution is -2.29. The van der Waals surface area contributed by atoms with Crippen LogP contribution < -0.4 is 20.5 Å². The number of halogens is 1. The molecule has 152 valence electrons. The Balaban J connectivity index is 1.87. The number of aryl methyl sites for hydroxylation is 1. The summed E-state index contributed by atoms with van der Waals surface area (Å²) < 4.78 is 12.4. The lowest BCUT2D eigenvalue weighted by molar-refractivity contribution is 0.355. The summed E-state index contributed by atoms with van der Waals surface area (Å²) >= 11 is 6.05. The number of nitrogens with zero attached hydrogens (tertiary/aromatic N) is 3. The minimum absolute atomic E-state index is 0.375. The maximum absolute atomic E-state index is 9.83. The zero-order valence-corrected chi connectivity index (χ0v) is 17.5. The van der Waals surface area contributed by atoms with E-state index in [0.717, 1.165) is 22.4 Å². The third kappa shape index (κ3) is 3.16. The highest BCUT2D eigenvalue weighted by Crippen LogP contribution is 2.41. The van der Waals surface area contributed by atoms with Gasteiger partial charge in [0.25, 0.3) is 0 Å². The number of nitrogens with two attached hydrogens (primary N) is 1. The summed E-state index contributed by atoms with van der Waals surface area (Å²) in [5.74, 6) is 1.87. The number of rotatable bonds is 4. The molecule has 2 aromatic carbocycles. The summed E-state index contributed by atoms with van der Waals surface area (Å²) in [5, 5.41) is 18.5. The van der Waals surface area contributed by atoms with Crippen molar-refractivity contribution in [3.63, 3.8) is 0 Å². The van der Waals surface area contributed by atoms with Crippen molar-refractivity contribution in [1.29, 1.82) is 5.26 Å². The van der Waals surface area contributed by atoms with Crippen LogP contribution in [0, 0.1) is 18.3 Å². The predicted octanol–water partition coefficient (Wildman–Crippen LogP) is 4.35. The smallest absolute Gasteiger partial charge is 0.161 e. The first-order valence-corrected chi connectivity index (χ1v) is 9.60. The first-order valence-electron chi connectivity index (χ1n) is 9.22. The third-order valence-corrected chi connectivity index (χ3v) is 5.33. The number of fused-ring (bicyclic) bond motifs is 1. The van der Waals surface area contributed by atoms with Gasteiger partial charge >= 0.3 is 0 Å². The van der Waals surface area contributed by atoms with E-state index in [9.17, 15) is 5.26 Å². The Bertz CT molecular complexity index is 1190. The highest BCUT2D eigenvalue weighted by atomic mass is 35.5. The molecule has 0 aliphatic carbocycles. The monoisotopic (exact) mass is 421 g/mol. The topological polar surface area (TPSA) is 98.1 Å². The predicted molar refractivity (Wildman–Crippen MR) is 116 cm³/mol. The summed E-state index contributed by atoms with van der Waals surface area (Å²) in [6.45, 7) is 1.91. The lowest BCUT2D eigenvalue weighted by atomic mass is 10.0. The molecule has 0 saturated heterocycles. The maximum atomic E-state index is 9.83. The number of methoxy groups -OCH3 is 2. The highest BCUT2D eigenvalue weighted by molar-refractivity contribution is 6.30. The van der Waals surface area contributed by atoms with Gasteiger partial charge in [-0.25, -0.2) is 4.68 Å².